The van der Waals surface area contributed by atoms with Crippen LogP contribution in [-0.4, -0.2) is 23.9 Å². The van der Waals surface area contributed by atoms with E-state index in [0.717, 1.165) is 11.8 Å². The highest BCUT2D eigenvalue weighted by Gasteiger charge is 2.34. The molecule has 2 aromatic carbocycles. The van der Waals surface area contributed by atoms with Crippen molar-refractivity contribution in [3.63, 3.8) is 0 Å². The number of nitrogens with two attached hydrogens (primary N) is 2. The van der Waals surface area contributed by atoms with Gasteiger partial charge >= 0.3 is 6.18 Å². The summed E-state index contributed by atoms with van der Waals surface area (Å²) in [5.41, 5.74) is 7.14. The Kier molecular flexibility index (Phi) is 5.33. The molecule has 0 radical (unpaired) electrons. The molecule has 4 N–H and O–H groups in total. The third-order valence-electron chi connectivity index (χ3n) is 4.83. The lowest BCUT2D eigenvalue weighted by Crippen LogP contribution is -2.44. The van der Waals surface area contributed by atoms with Crippen LogP contribution in [0.4, 0.5) is 18.9 Å². The fourth-order valence-electron chi connectivity index (χ4n) is 3.32. The zero-order chi connectivity index (χ0) is 20.5. The Morgan fingerprint density at radius 3 is 2.39 bits per heavy atom. The smallest absolute Gasteiger partial charge is 0.399 e. The molecule has 1 heterocycles. The van der Waals surface area contributed by atoms with E-state index in [0.29, 0.717) is 24.4 Å². The maximum absolute atomic E-state index is 13.1. The molecule has 8 heteroatoms. The fraction of sp³-hybridized carbons (Fsp3) is 0.250. The summed E-state index contributed by atoms with van der Waals surface area (Å²) in [6, 6.07) is 12.9. The van der Waals surface area contributed by atoms with Crippen molar-refractivity contribution < 1.29 is 18.0 Å². The maximum atomic E-state index is 13.1. The molecule has 0 unspecified atom stereocenters. The number of rotatable bonds is 3. The molecule has 0 saturated carbocycles. The summed E-state index contributed by atoms with van der Waals surface area (Å²) >= 11 is 0. The van der Waals surface area contributed by atoms with Gasteiger partial charge in [-0.15, -0.1) is 0 Å². The number of amides is 1. The average molecular weight is 390 g/mol. The number of benzene rings is 2. The maximum Gasteiger partial charge on any atom is 0.416 e. The van der Waals surface area contributed by atoms with Crippen LogP contribution in [0.5, 0.6) is 0 Å². The first-order valence-corrected chi connectivity index (χ1v) is 8.73. The molecule has 28 heavy (non-hydrogen) atoms. The first kappa shape index (κ1) is 19.8. The molecule has 0 atom stereocenters. The number of hydrazine groups is 1. The largest absolute Gasteiger partial charge is 0.416 e. The second-order valence-corrected chi connectivity index (χ2v) is 6.63. The van der Waals surface area contributed by atoms with Crippen LogP contribution in [0.3, 0.4) is 0 Å². The molecule has 1 aliphatic rings. The minimum Gasteiger partial charge on any atom is -0.399 e. The van der Waals surface area contributed by atoms with Crippen molar-refractivity contribution in [1.82, 2.24) is 4.90 Å². The highest BCUT2D eigenvalue weighted by molar-refractivity contribution is 5.96. The summed E-state index contributed by atoms with van der Waals surface area (Å²) in [5, 5.41) is 1.48. The first-order chi connectivity index (χ1) is 13.2. The summed E-state index contributed by atoms with van der Waals surface area (Å²) < 4.78 is 39.4. The van der Waals surface area contributed by atoms with Crippen molar-refractivity contribution in [2.75, 3.05) is 18.1 Å². The lowest BCUT2D eigenvalue weighted by molar-refractivity contribution is -0.138. The van der Waals surface area contributed by atoms with Gasteiger partial charge in [0.25, 0.3) is 5.91 Å². The minimum atomic E-state index is -4.51. The van der Waals surface area contributed by atoms with Crippen LogP contribution in [0.2, 0.25) is 0 Å². The number of alkyl halides is 3. The second kappa shape index (κ2) is 7.55. The van der Waals surface area contributed by atoms with Gasteiger partial charge in [0.1, 0.15) is 0 Å². The van der Waals surface area contributed by atoms with Crippen LogP contribution in [0.25, 0.3) is 0 Å². The average Bonchev–Trinajstić information content (AvgIpc) is 2.67. The van der Waals surface area contributed by atoms with E-state index < -0.39 is 17.6 Å². The number of hydrogen-bond acceptors (Lipinski definition) is 4. The molecule has 1 aliphatic heterocycles. The van der Waals surface area contributed by atoms with E-state index in [1.165, 1.54) is 29.0 Å². The van der Waals surface area contributed by atoms with Crippen molar-refractivity contribution in [1.29, 1.82) is 0 Å². The number of halogens is 3. The number of anilines is 1. The van der Waals surface area contributed by atoms with Gasteiger partial charge in [-0.05, 0) is 36.8 Å². The van der Waals surface area contributed by atoms with Gasteiger partial charge in [0, 0.05) is 24.2 Å². The lowest BCUT2D eigenvalue weighted by atomic mass is 10.00. The molecule has 0 fully saturated rings. The van der Waals surface area contributed by atoms with E-state index >= 15 is 0 Å². The van der Waals surface area contributed by atoms with Crippen LogP contribution in [0.1, 0.15) is 27.9 Å². The van der Waals surface area contributed by atoms with E-state index in [1.807, 2.05) is 30.3 Å². The Morgan fingerprint density at radius 1 is 1.11 bits per heavy atom. The predicted molar refractivity (Wildman–Crippen MR) is 101 cm³/mol. The summed E-state index contributed by atoms with van der Waals surface area (Å²) in [5.74, 6) is 5.67. The van der Waals surface area contributed by atoms with Gasteiger partial charge in [0.15, 0.2) is 0 Å². The topological polar surface area (TPSA) is 75.6 Å². The molecular formula is C20H21F3N4O. The molecule has 5 nitrogen and oxygen atoms in total. The minimum absolute atomic E-state index is 0.0266. The van der Waals surface area contributed by atoms with Crippen LogP contribution in [0, 0.1) is 6.92 Å². The van der Waals surface area contributed by atoms with Crippen molar-refractivity contribution in [2.24, 2.45) is 11.6 Å². The standard InChI is InChI=1S/C20H21F3N4O/c1-13-15(8-5-9-16(13)20(21,22)23)19(28)26-11-10-18(17(24)12-26)27(25)14-6-3-2-4-7-14/h2-9H,10-12,24-25H2,1H3. The first-order valence-electron chi connectivity index (χ1n) is 8.73. The zero-order valence-corrected chi connectivity index (χ0v) is 15.3. The molecule has 0 saturated heterocycles. The molecule has 2 aromatic rings. The number of para-hydroxylation sites is 1. The third-order valence-corrected chi connectivity index (χ3v) is 4.83. The van der Waals surface area contributed by atoms with E-state index in [-0.39, 0.29) is 17.7 Å². The van der Waals surface area contributed by atoms with Crippen molar-refractivity contribution in [3.8, 4) is 0 Å². The van der Waals surface area contributed by atoms with Gasteiger partial charge in [-0.3, -0.25) is 9.80 Å². The normalized spacial score (nSPS) is 15.0. The number of nitrogens with zero attached hydrogens (tertiary/aromatic N) is 2. The van der Waals surface area contributed by atoms with E-state index in [4.69, 9.17) is 11.6 Å². The second-order valence-electron chi connectivity index (χ2n) is 6.63. The summed E-state index contributed by atoms with van der Waals surface area (Å²) in [6.45, 7) is 1.72. The van der Waals surface area contributed by atoms with Crippen LogP contribution in [0.15, 0.2) is 59.9 Å². The van der Waals surface area contributed by atoms with Crippen molar-refractivity contribution in [2.45, 2.75) is 19.5 Å². The van der Waals surface area contributed by atoms with Gasteiger partial charge < -0.3 is 10.6 Å². The summed E-state index contributed by atoms with van der Waals surface area (Å²) in [6.07, 6.45) is -4.11. The van der Waals surface area contributed by atoms with Gasteiger partial charge in [-0.25, -0.2) is 5.84 Å². The van der Waals surface area contributed by atoms with Gasteiger partial charge in [-0.2, -0.15) is 13.2 Å². The van der Waals surface area contributed by atoms with Gasteiger partial charge in [0.2, 0.25) is 0 Å². The molecule has 3 rings (SSSR count). The molecule has 0 bridgehead atoms. The Balaban J connectivity index is 1.83. The zero-order valence-electron chi connectivity index (χ0n) is 15.3. The van der Waals surface area contributed by atoms with Crippen molar-refractivity contribution >= 4 is 11.6 Å². The molecule has 0 spiro atoms. The third kappa shape index (κ3) is 3.82. The highest BCUT2D eigenvalue weighted by Crippen LogP contribution is 2.33. The van der Waals surface area contributed by atoms with Gasteiger partial charge in [-0.1, -0.05) is 24.3 Å². The molecule has 1 amide bonds. The fourth-order valence-corrected chi connectivity index (χ4v) is 3.32. The Morgan fingerprint density at radius 2 is 1.79 bits per heavy atom. The predicted octanol–water partition coefficient (Wildman–Crippen LogP) is 3.41. The van der Waals surface area contributed by atoms with Crippen LogP contribution in [-0.2, 0) is 6.18 Å². The number of carbonyl (C=O) groups excluding carboxylic acids is 1. The number of carbonyl (C=O) groups is 1. The summed E-state index contributed by atoms with van der Waals surface area (Å²) in [4.78, 5) is 14.3. The molecular weight excluding hydrogens is 369 g/mol. The monoisotopic (exact) mass is 390 g/mol. The van der Waals surface area contributed by atoms with Crippen molar-refractivity contribution in [3.05, 3.63) is 76.6 Å². The quantitative estimate of drug-likeness (QED) is 0.622. The molecule has 0 aromatic heterocycles. The Bertz CT molecular complexity index is 909. The lowest BCUT2D eigenvalue weighted by Gasteiger charge is -2.33. The number of hydrogen-bond donors (Lipinski definition) is 2. The Labute approximate surface area is 161 Å². The van der Waals surface area contributed by atoms with Gasteiger partial charge in [0.05, 0.1) is 23.5 Å². The molecule has 0 aliphatic carbocycles. The van der Waals surface area contributed by atoms with Crippen LogP contribution >= 0.6 is 0 Å². The molecule has 148 valence electrons. The highest BCUT2D eigenvalue weighted by atomic mass is 19.4. The SMILES string of the molecule is Cc1c(C(=O)N2CCC(N(N)c3ccccc3)=C(N)C2)cccc1C(F)(F)F. The summed E-state index contributed by atoms with van der Waals surface area (Å²) in [7, 11) is 0. The van der Waals surface area contributed by atoms with Crippen LogP contribution < -0.4 is 16.6 Å². The van der Waals surface area contributed by atoms with E-state index in [1.54, 1.807) is 0 Å². The Hall–Kier alpha value is -3.00. The van der Waals surface area contributed by atoms with E-state index in [9.17, 15) is 18.0 Å². The van der Waals surface area contributed by atoms with E-state index in [2.05, 4.69) is 0 Å².